The van der Waals surface area contributed by atoms with Gasteiger partial charge < -0.3 is 14.6 Å². The normalized spacial score (nSPS) is 11.4. The number of nitrogens with zero attached hydrogens (tertiary/aromatic N) is 2. The topological polar surface area (TPSA) is 73.2 Å². The van der Waals surface area contributed by atoms with Gasteiger partial charge in [0, 0.05) is 25.2 Å². The van der Waals surface area contributed by atoms with Crippen molar-refractivity contribution in [1.82, 2.24) is 9.55 Å². The zero-order valence-electron chi connectivity index (χ0n) is 15.2. The van der Waals surface area contributed by atoms with Crippen LogP contribution in [-0.2, 0) is 21.4 Å². The molecule has 1 amide bonds. The first kappa shape index (κ1) is 17.7. The van der Waals surface area contributed by atoms with Crippen molar-refractivity contribution >= 4 is 28.6 Å². The number of para-hydroxylation sites is 2. The van der Waals surface area contributed by atoms with Crippen molar-refractivity contribution in [3.63, 3.8) is 0 Å². The number of hydrogen-bond acceptors (Lipinski definition) is 4. The van der Waals surface area contributed by atoms with E-state index in [0.717, 1.165) is 22.4 Å². The number of nitrogens with one attached hydrogen (secondary N) is 1. The Bertz CT molecular complexity index is 972. The number of rotatable bonds is 4. The summed E-state index contributed by atoms with van der Waals surface area (Å²) in [6.07, 6.45) is 0. The van der Waals surface area contributed by atoms with E-state index in [0.29, 0.717) is 5.69 Å². The van der Waals surface area contributed by atoms with Crippen LogP contribution in [0.3, 0.4) is 0 Å². The molecule has 0 spiro atoms. The Morgan fingerprint density at radius 1 is 1.08 bits per heavy atom. The molecule has 0 radical (unpaired) electrons. The SMILES string of the molecule is CC(=O)OC(C)(C)C(=O)Nc1ccc(-c2nc3ccccc3n2C)cc1. The second kappa shape index (κ2) is 6.63. The molecule has 134 valence electrons. The standard InChI is InChI=1S/C20H21N3O3/c1-13(24)26-20(2,3)19(25)21-15-11-9-14(10-12-15)18-22-16-7-5-6-8-17(16)23(18)4/h5-12H,1-4H3,(H,21,25). The summed E-state index contributed by atoms with van der Waals surface area (Å²) in [5.41, 5.74) is 2.33. The molecule has 0 bridgehead atoms. The molecule has 0 aliphatic rings. The average Bonchev–Trinajstić information content (AvgIpc) is 2.92. The Hall–Kier alpha value is -3.15. The van der Waals surface area contributed by atoms with E-state index < -0.39 is 11.6 Å². The predicted octanol–water partition coefficient (Wildman–Crippen LogP) is 3.52. The fourth-order valence-corrected chi connectivity index (χ4v) is 2.79. The third-order valence-electron chi connectivity index (χ3n) is 4.13. The minimum Gasteiger partial charge on any atom is -0.450 e. The summed E-state index contributed by atoms with van der Waals surface area (Å²) in [6, 6.07) is 15.3. The van der Waals surface area contributed by atoms with E-state index in [2.05, 4.69) is 10.3 Å². The highest BCUT2D eigenvalue weighted by atomic mass is 16.6. The quantitative estimate of drug-likeness (QED) is 0.730. The Morgan fingerprint density at radius 3 is 2.35 bits per heavy atom. The van der Waals surface area contributed by atoms with Crippen LogP contribution >= 0.6 is 0 Å². The number of carbonyl (C=O) groups is 2. The highest BCUT2D eigenvalue weighted by Gasteiger charge is 2.31. The van der Waals surface area contributed by atoms with Gasteiger partial charge in [-0.2, -0.15) is 0 Å². The second-order valence-corrected chi connectivity index (χ2v) is 6.62. The van der Waals surface area contributed by atoms with Crippen LogP contribution in [0.2, 0.25) is 0 Å². The summed E-state index contributed by atoms with van der Waals surface area (Å²) in [6.45, 7) is 4.38. The number of fused-ring (bicyclic) bond motifs is 1. The van der Waals surface area contributed by atoms with Gasteiger partial charge in [0.05, 0.1) is 11.0 Å². The van der Waals surface area contributed by atoms with Crippen LogP contribution in [0.5, 0.6) is 0 Å². The summed E-state index contributed by atoms with van der Waals surface area (Å²) in [5.74, 6) is -0.0326. The number of anilines is 1. The van der Waals surface area contributed by atoms with Crippen molar-refractivity contribution in [2.45, 2.75) is 26.4 Å². The lowest BCUT2D eigenvalue weighted by atomic mass is 10.1. The molecule has 0 saturated heterocycles. The second-order valence-electron chi connectivity index (χ2n) is 6.62. The first-order valence-electron chi connectivity index (χ1n) is 8.31. The fraction of sp³-hybridized carbons (Fsp3) is 0.250. The van der Waals surface area contributed by atoms with Crippen LogP contribution in [0.15, 0.2) is 48.5 Å². The van der Waals surface area contributed by atoms with Gasteiger partial charge >= 0.3 is 5.97 Å². The van der Waals surface area contributed by atoms with Crippen LogP contribution in [-0.4, -0.2) is 27.0 Å². The first-order chi connectivity index (χ1) is 12.3. The van der Waals surface area contributed by atoms with Gasteiger partial charge in [0.1, 0.15) is 5.82 Å². The zero-order chi connectivity index (χ0) is 18.9. The van der Waals surface area contributed by atoms with E-state index in [9.17, 15) is 9.59 Å². The van der Waals surface area contributed by atoms with Crippen molar-refractivity contribution in [3.8, 4) is 11.4 Å². The van der Waals surface area contributed by atoms with Gasteiger partial charge in [-0.15, -0.1) is 0 Å². The van der Waals surface area contributed by atoms with E-state index in [1.807, 2.05) is 48.0 Å². The molecule has 26 heavy (non-hydrogen) atoms. The monoisotopic (exact) mass is 351 g/mol. The van der Waals surface area contributed by atoms with E-state index in [4.69, 9.17) is 4.74 Å². The van der Waals surface area contributed by atoms with Gasteiger partial charge in [-0.3, -0.25) is 9.59 Å². The van der Waals surface area contributed by atoms with E-state index >= 15 is 0 Å². The summed E-state index contributed by atoms with van der Waals surface area (Å²) in [4.78, 5) is 28.1. The molecule has 0 aliphatic carbocycles. The van der Waals surface area contributed by atoms with E-state index in [1.165, 1.54) is 6.92 Å². The van der Waals surface area contributed by atoms with Crippen LogP contribution < -0.4 is 5.32 Å². The van der Waals surface area contributed by atoms with Crippen LogP contribution in [0, 0.1) is 0 Å². The van der Waals surface area contributed by atoms with Crippen molar-refractivity contribution < 1.29 is 14.3 Å². The van der Waals surface area contributed by atoms with E-state index in [-0.39, 0.29) is 5.91 Å². The van der Waals surface area contributed by atoms with Crippen molar-refractivity contribution in [1.29, 1.82) is 0 Å². The lowest BCUT2D eigenvalue weighted by molar-refractivity contribution is -0.160. The van der Waals surface area contributed by atoms with Crippen LogP contribution in [0.25, 0.3) is 22.4 Å². The minimum absolute atomic E-state index is 0.386. The molecule has 0 aliphatic heterocycles. The maximum atomic E-state index is 12.3. The molecule has 0 fully saturated rings. The van der Waals surface area contributed by atoms with Gasteiger partial charge in [0.2, 0.25) is 0 Å². The number of esters is 1. The third-order valence-corrected chi connectivity index (χ3v) is 4.13. The molecular formula is C20H21N3O3. The lowest BCUT2D eigenvalue weighted by Gasteiger charge is -2.23. The highest BCUT2D eigenvalue weighted by molar-refractivity contribution is 5.98. The first-order valence-corrected chi connectivity index (χ1v) is 8.31. The van der Waals surface area contributed by atoms with Gasteiger partial charge in [-0.25, -0.2) is 4.98 Å². The zero-order valence-corrected chi connectivity index (χ0v) is 15.2. The largest absolute Gasteiger partial charge is 0.450 e. The Labute approximate surface area is 151 Å². The molecule has 0 saturated carbocycles. The summed E-state index contributed by atoms with van der Waals surface area (Å²) in [7, 11) is 1.97. The average molecular weight is 351 g/mol. The molecular weight excluding hydrogens is 330 g/mol. The van der Waals surface area contributed by atoms with Gasteiger partial charge in [-0.1, -0.05) is 12.1 Å². The van der Waals surface area contributed by atoms with Gasteiger partial charge in [0.25, 0.3) is 5.91 Å². The smallest absolute Gasteiger partial charge is 0.303 e. The molecule has 1 heterocycles. The summed E-state index contributed by atoms with van der Waals surface area (Å²) >= 11 is 0. The fourth-order valence-electron chi connectivity index (χ4n) is 2.79. The molecule has 1 aromatic heterocycles. The molecule has 6 heteroatoms. The molecule has 6 nitrogen and oxygen atoms in total. The number of ether oxygens (including phenoxy) is 1. The molecule has 3 aromatic rings. The number of aryl methyl sites for hydroxylation is 1. The van der Waals surface area contributed by atoms with Gasteiger partial charge in [-0.05, 0) is 50.2 Å². The van der Waals surface area contributed by atoms with Gasteiger partial charge in [0.15, 0.2) is 5.60 Å². The molecule has 1 N–H and O–H groups in total. The highest BCUT2D eigenvalue weighted by Crippen LogP contribution is 2.25. The Morgan fingerprint density at radius 2 is 1.73 bits per heavy atom. The minimum atomic E-state index is -1.23. The Kier molecular flexibility index (Phi) is 4.50. The number of carbonyl (C=O) groups excluding carboxylic acids is 2. The Balaban J connectivity index is 1.81. The summed E-state index contributed by atoms with van der Waals surface area (Å²) in [5, 5.41) is 2.76. The number of imidazole rings is 1. The maximum absolute atomic E-state index is 12.3. The maximum Gasteiger partial charge on any atom is 0.303 e. The van der Waals surface area contributed by atoms with Crippen LogP contribution in [0.1, 0.15) is 20.8 Å². The van der Waals surface area contributed by atoms with Crippen molar-refractivity contribution in [3.05, 3.63) is 48.5 Å². The molecule has 0 atom stereocenters. The number of amides is 1. The molecule has 2 aromatic carbocycles. The number of hydrogen-bond donors (Lipinski definition) is 1. The van der Waals surface area contributed by atoms with Crippen LogP contribution in [0.4, 0.5) is 5.69 Å². The van der Waals surface area contributed by atoms with Crippen molar-refractivity contribution in [2.24, 2.45) is 7.05 Å². The van der Waals surface area contributed by atoms with Crippen molar-refractivity contribution in [2.75, 3.05) is 5.32 Å². The van der Waals surface area contributed by atoms with E-state index in [1.54, 1.807) is 26.0 Å². The number of aromatic nitrogens is 2. The summed E-state index contributed by atoms with van der Waals surface area (Å²) < 4.78 is 7.08. The molecule has 0 unspecified atom stereocenters. The predicted molar refractivity (Wildman–Crippen MR) is 101 cm³/mol. The third kappa shape index (κ3) is 3.44. The number of benzene rings is 2. The lowest BCUT2D eigenvalue weighted by Crippen LogP contribution is -2.41. The molecule has 3 rings (SSSR count).